The maximum atomic E-state index is 12.7. The number of carbonyl (C=O) groups is 2. The average molecular weight is 502 g/mol. The van der Waals surface area contributed by atoms with Crippen LogP contribution in [0.25, 0.3) is 0 Å². The average Bonchev–Trinajstić information content (AvgIpc) is 2.82. The van der Waals surface area contributed by atoms with Crippen LogP contribution in [0.1, 0.15) is 17.0 Å². The molecule has 0 spiro atoms. The Hall–Kier alpha value is -3.26. The molecular formula is C24H24BrNO6. The summed E-state index contributed by atoms with van der Waals surface area (Å²) in [6, 6.07) is 13.0. The predicted molar refractivity (Wildman–Crippen MR) is 122 cm³/mol. The highest BCUT2D eigenvalue weighted by atomic mass is 79.9. The Labute approximate surface area is 195 Å². The molecule has 8 heteroatoms. The van der Waals surface area contributed by atoms with Gasteiger partial charge < -0.3 is 23.8 Å². The third-order valence-electron chi connectivity index (χ3n) is 5.07. The van der Waals surface area contributed by atoms with Gasteiger partial charge in [0.25, 0.3) is 0 Å². The number of benzene rings is 2. The van der Waals surface area contributed by atoms with Crippen molar-refractivity contribution in [1.82, 2.24) is 4.90 Å². The van der Waals surface area contributed by atoms with Gasteiger partial charge in [-0.1, -0.05) is 34.1 Å². The lowest BCUT2D eigenvalue weighted by atomic mass is 9.83. The first-order chi connectivity index (χ1) is 15.4. The molecule has 0 aromatic heterocycles. The molecule has 1 aliphatic heterocycles. The standard InChI is InChI=1S/C24H24BrNO6/c1-29-20-9-8-15(10-21(20)30-2)12-26-13-18(23(27)31-3)22(19(14-26)24(28)32-4)16-6-5-7-17(25)11-16/h5-11,13-14,22H,12H2,1-4H3. The number of esters is 2. The van der Waals surface area contributed by atoms with E-state index in [9.17, 15) is 9.59 Å². The molecule has 0 bridgehead atoms. The van der Waals surface area contributed by atoms with Gasteiger partial charge in [0.1, 0.15) is 0 Å². The number of nitrogens with zero attached hydrogens (tertiary/aromatic N) is 1. The second-order valence-corrected chi connectivity index (χ2v) is 7.92. The Morgan fingerprint density at radius 2 is 1.50 bits per heavy atom. The zero-order chi connectivity index (χ0) is 23.3. The minimum Gasteiger partial charge on any atom is -0.493 e. The molecule has 0 amide bonds. The highest BCUT2D eigenvalue weighted by Gasteiger charge is 2.35. The van der Waals surface area contributed by atoms with Crippen LogP contribution < -0.4 is 9.47 Å². The van der Waals surface area contributed by atoms with E-state index in [1.54, 1.807) is 37.6 Å². The maximum absolute atomic E-state index is 12.7. The van der Waals surface area contributed by atoms with Crippen molar-refractivity contribution in [3.05, 3.63) is 81.6 Å². The summed E-state index contributed by atoms with van der Waals surface area (Å²) < 4.78 is 21.6. The molecule has 1 heterocycles. The van der Waals surface area contributed by atoms with Gasteiger partial charge in [-0.3, -0.25) is 0 Å². The highest BCUT2D eigenvalue weighted by Crippen LogP contribution is 2.38. The third kappa shape index (κ3) is 4.96. The molecule has 3 rings (SSSR count). The number of rotatable bonds is 7. The van der Waals surface area contributed by atoms with Crippen LogP contribution in [0.15, 0.2) is 70.5 Å². The summed E-state index contributed by atoms with van der Waals surface area (Å²) >= 11 is 3.45. The van der Waals surface area contributed by atoms with E-state index >= 15 is 0 Å². The molecule has 32 heavy (non-hydrogen) atoms. The molecule has 0 saturated carbocycles. The minimum absolute atomic E-state index is 0.328. The quantitative estimate of drug-likeness (QED) is 0.526. The van der Waals surface area contributed by atoms with Crippen LogP contribution in [-0.2, 0) is 25.6 Å². The molecule has 0 atom stereocenters. The molecule has 7 nitrogen and oxygen atoms in total. The Morgan fingerprint density at radius 3 is 2.03 bits per heavy atom. The first-order valence-corrected chi connectivity index (χ1v) is 10.5. The lowest BCUT2D eigenvalue weighted by Crippen LogP contribution is -2.28. The van der Waals surface area contributed by atoms with Crippen molar-refractivity contribution in [2.24, 2.45) is 0 Å². The van der Waals surface area contributed by atoms with E-state index in [1.165, 1.54) is 14.2 Å². The Kier molecular flexibility index (Phi) is 7.58. The minimum atomic E-state index is -0.631. The van der Waals surface area contributed by atoms with E-state index < -0.39 is 17.9 Å². The lowest BCUT2D eigenvalue weighted by Gasteiger charge is -2.30. The number of carbonyl (C=O) groups excluding carboxylic acids is 2. The van der Waals surface area contributed by atoms with E-state index in [1.807, 2.05) is 36.4 Å². The summed E-state index contributed by atoms with van der Waals surface area (Å²) in [6.45, 7) is 0.381. The number of ether oxygens (including phenoxy) is 4. The fourth-order valence-corrected chi connectivity index (χ4v) is 4.03. The highest BCUT2D eigenvalue weighted by molar-refractivity contribution is 9.10. The second-order valence-electron chi connectivity index (χ2n) is 7.00. The van der Waals surface area contributed by atoms with Gasteiger partial charge in [-0.25, -0.2) is 9.59 Å². The van der Waals surface area contributed by atoms with E-state index in [0.717, 1.165) is 15.6 Å². The van der Waals surface area contributed by atoms with Crippen molar-refractivity contribution < 1.29 is 28.5 Å². The van der Waals surface area contributed by atoms with Gasteiger partial charge in [0.15, 0.2) is 11.5 Å². The summed E-state index contributed by atoms with van der Waals surface area (Å²) in [6.07, 6.45) is 3.39. The molecule has 168 valence electrons. The number of halogens is 1. The first-order valence-electron chi connectivity index (χ1n) is 9.74. The van der Waals surface area contributed by atoms with Gasteiger partial charge >= 0.3 is 11.9 Å². The van der Waals surface area contributed by atoms with Crippen LogP contribution in [0.2, 0.25) is 0 Å². The maximum Gasteiger partial charge on any atom is 0.336 e. The van der Waals surface area contributed by atoms with Crippen LogP contribution in [0.4, 0.5) is 0 Å². The molecule has 0 fully saturated rings. The van der Waals surface area contributed by atoms with E-state index in [2.05, 4.69) is 15.9 Å². The zero-order valence-corrected chi connectivity index (χ0v) is 19.8. The van der Waals surface area contributed by atoms with Gasteiger partial charge in [-0.05, 0) is 35.4 Å². The first kappa shape index (κ1) is 23.4. The van der Waals surface area contributed by atoms with Gasteiger partial charge in [-0.2, -0.15) is 0 Å². The van der Waals surface area contributed by atoms with Gasteiger partial charge in [-0.15, -0.1) is 0 Å². The van der Waals surface area contributed by atoms with E-state index in [-0.39, 0.29) is 0 Å². The topological polar surface area (TPSA) is 74.3 Å². The van der Waals surface area contributed by atoms with Crippen molar-refractivity contribution in [3.63, 3.8) is 0 Å². The molecule has 0 radical (unpaired) electrons. The van der Waals surface area contributed by atoms with Gasteiger partial charge in [0.2, 0.25) is 0 Å². The van der Waals surface area contributed by atoms with Crippen molar-refractivity contribution in [2.45, 2.75) is 12.5 Å². The number of methoxy groups -OCH3 is 4. The van der Waals surface area contributed by atoms with Crippen molar-refractivity contribution in [3.8, 4) is 11.5 Å². The van der Waals surface area contributed by atoms with Gasteiger partial charge in [0, 0.05) is 23.4 Å². The van der Waals surface area contributed by atoms with Crippen LogP contribution in [0.3, 0.4) is 0 Å². The molecule has 2 aromatic rings. The van der Waals surface area contributed by atoms with Crippen LogP contribution in [0.5, 0.6) is 11.5 Å². The smallest absolute Gasteiger partial charge is 0.336 e. The molecular weight excluding hydrogens is 478 g/mol. The molecule has 0 unspecified atom stereocenters. The van der Waals surface area contributed by atoms with Crippen LogP contribution in [-0.4, -0.2) is 45.3 Å². The van der Waals surface area contributed by atoms with Gasteiger partial charge in [0.05, 0.1) is 45.5 Å². The molecule has 2 aromatic carbocycles. The second kappa shape index (κ2) is 10.4. The molecule has 1 aliphatic rings. The Balaban J connectivity index is 2.06. The summed E-state index contributed by atoms with van der Waals surface area (Å²) in [4.78, 5) is 27.2. The fraction of sp³-hybridized carbons (Fsp3) is 0.250. The van der Waals surface area contributed by atoms with Crippen molar-refractivity contribution in [1.29, 1.82) is 0 Å². The number of hydrogen-bond donors (Lipinski definition) is 0. The lowest BCUT2D eigenvalue weighted by molar-refractivity contribution is -0.137. The SMILES string of the molecule is COC(=O)C1=CN(Cc2ccc(OC)c(OC)c2)C=C(C(=O)OC)C1c1cccc(Br)c1. The third-order valence-corrected chi connectivity index (χ3v) is 5.56. The summed E-state index contributed by atoms with van der Waals surface area (Å²) in [7, 11) is 5.77. The molecule has 0 saturated heterocycles. The molecule has 0 aliphatic carbocycles. The number of hydrogen-bond acceptors (Lipinski definition) is 7. The largest absolute Gasteiger partial charge is 0.493 e. The van der Waals surface area contributed by atoms with Crippen LogP contribution in [0, 0.1) is 0 Å². The van der Waals surface area contributed by atoms with E-state index in [4.69, 9.17) is 18.9 Å². The molecule has 0 N–H and O–H groups in total. The van der Waals surface area contributed by atoms with Crippen molar-refractivity contribution >= 4 is 27.9 Å². The zero-order valence-electron chi connectivity index (χ0n) is 18.3. The summed E-state index contributed by atoms with van der Waals surface area (Å²) in [5.41, 5.74) is 2.31. The Bertz CT molecular complexity index is 1040. The van der Waals surface area contributed by atoms with Crippen LogP contribution >= 0.6 is 15.9 Å². The van der Waals surface area contributed by atoms with E-state index in [0.29, 0.717) is 29.2 Å². The summed E-state index contributed by atoms with van der Waals surface area (Å²) in [5.74, 6) is -0.484. The summed E-state index contributed by atoms with van der Waals surface area (Å²) in [5, 5.41) is 0. The normalized spacial score (nSPS) is 13.7. The monoisotopic (exact) mass is 501 g/mol. The van der Waals surface area contributed by atoms with Crippen molar-refractivity contribution in [2.75, 3.05) is 28.4 Å². The Morgan fingerprint density at radius 1 is 0.875 bits per heavy atom. The predicted octanol–water partition coefficient (Wildman–Crippen LogP) is 4.18. The fourth-order valence-electron chi connectivity index (χ4n) is 3.61.